The minimum atomic E-state index is -5.97. The molecular formula is C6H2F5NO3S. The van der Waals surface area contributed by atoms with Crippen LogP contribution < -0.4 is 4.87 Å². The number of rotatable bonds is 2. The van der Waals surface area contributed by atoms with Crippen molar-refractivity contribution in [2.45, 2.75) is 12.1 Å². The van der Waals surface area contributed by atoms with Crippen LogP contribution in [0.25, 0.3) is 0 Å². The van der Waals surface area contributed by atoms with Gasteiger partial charge in [-0.1, -0.05) is 11.3 Å². The minimum Gasteiger partial charge on any atom is -0.477 e. The third-order valence-electron chi connectivity index (χ3n) is 1.51. The molecule has 90 valence electrons. The van der Waals surface area contributed by atoms with E-state index >= 15 is 0 Å². The number of carboxylic acids is 1. The zero-order chi connectivity index (χ0) is 12.7. The molecule has 0 bridgehead atoms. The summed E-state index contributed by atoms with van der Waals surface area (Å²) in [5, 5.41) is 8.36. The number of nitrogens with one attached hydrogen (secondary N) is 1. The van der Waals surface area contributed by atoms with Crippen molar-refractivity contribution >= 4 is 17.3 Å². The van der Waals surface area contributed by atoms with Crippen LogP contribution in [-0.2, 0) is 5.92 Å². The Balaban J connectivity index is 3.44. The van der Waals surface area contributed by atoms with E-state index in [4.69, 9.17) is 5.11 Å². The van der Waals surface area contributed by atoms with Gasteiger partial charge in [0.05, 0.1) is 0 Å². The van der Waals surface area contributed by atoms with E-state index in [-0.39, 0.29) is 11.3 Å². The summed E-state index contributed by atoms with van der Waals surface area (Å²) in [4.78, 5) is 19.5. The van der Waals surface area contributed by atoms with Crippen LogP contribution in [0.1, 0.15) is 15.4 Å². The second-order valence-electron chi connectivity index (χ2n) is 2.60. The number of aromatic amines is 1. The molecule has 0 spiro atoms. The predicted octanol–water partition coefficient (Wildman–Crippen LogP) is 1.79. The van der Waals surface area contributed by atoms with Crippen LogP contribution in [0.5, 0.6) is 0 Å². The minimum absolute atomic E-state index is 0.225. The standard InChI is InChI=1S/C6H2F5NO3S/c7-5(8,6(9,10)11)2-1(3(13)14)16-4(15)12-2/h(H,12,15)(H,13,14). The number of aromatic carboxylic acids is 1. The van der Waals surface area contributed by atoms with Gasteiger partial charge in [-0.25, -0.2) is 4.79 Å². The Morgan fingerprint density at radius 1 is 1.25 bits per heavy atom. The van der Waals surface area contributed by atoms with Gasteiger partial charge in [0.25, 0.3) is 0 Å². The Morgan fingerprint density at radius 3 is 2.12 bits per heavy atom. The third kappa shape index (κ3) is 1.92. The normalized spacial score (nSPS) is 12.8. The van der Waals surface area contributed by atoms with Crippen molar-refractivity contribution < 1.29 is 31.9 Å². The molecule has 0 radical (unpaired) electrons. The monoisotopic (exact) mass is 263 g/mol. The smallest absolute Gasteiger partial charge is 0.459 e. The topological polar surface area (TPSA) is 70.2 Å². The van der Waals surface area contributed by atoms with Crippen molar-refractivity contribution in [3.8, 4) is 0 Å². The maximum atomic E-state index is 12.7. The molecule has 0 aliphatic carbocycles. The fourth-order valence-electron chi connectivity index (χ4n) is 0.841. The molecule has 16 heavy (non-hydrogen) atoms. The Labute approximate surface area is 87.3 Å². The second kappa shape index (κ2) is 3.54. The zero-order valence-electron chi connectivity index (χ0n) is 7.06. The molecule has 0 fully saturated rings. The molecule has 0 saturated heterocycles. The Morgan fingerprint density at radius 2 is 1.75 bits per heavy atom. The van der Waals surface area contributed by atoms with E-state index in [1.54, 1.807) is 0 Å². The van der Waals surface area contributed by atoms with Crippen molar-refractivity contribution in [2.24, 2.45) is 0 Å². The molecule has 4 nitrogen and oxygen atoms in total. The molecule has 0 amide bonds. The highest BCUT2D eigenvalue weighted by atomic mass is 32.1. The highest BCUT2D eigenvalue weighted by Crippen LogP contribution is 2.44. The molecule has 0 unspecified atom stereocenters. The SMILES string of the molecule is O=C(O)c1sc(=O)[nH]c1C(F)(F)C(F)(F)F. The van der Waals surface area contributed by atoms with E-state index < -0.39 is 33.5 Å². The summed E-state index contributed by atoms with van der Waals surface area (Å²) in [5.74, 6) is -7.43. The van der Waals surface area contributed by atoms with Gasteiger partial charge in [0.1, 0.15) is 10.6 Å². The van der Waals surface area contributed by atoms with Crippen LogP contribution >= 0.6 is 11.3 Å². The number of alkyl halides is 5. The lowest BCUT2D eigenvalue weighted by Gasteiger charge is -2.18. The van der Waals surface area contributed by atoms with E-state index in [9.17, 15) is 31.5 Å². The summed E-state index contributed by atoms with van der Waals surface area (Å²) in [7, 11) is 0. The van der Waals surface area contributed by atoms with Crippen molar-refractivity contribution in [2.75, 3.05) is 0 Å². The van der Waals surface area contributed by atoms with Crippen molar-refractivity contribution in [1.29, 1.82) is 0 Å². The Hall–Kier alpha value is -1.45. The molecule has 1 aromatic heterocycles. The highest BCUT2D eigenvalue weighted by molar-refractivity contribution is 7.11. The molecule has 0 aliphatic heterocycles. The molecule has 0 aromatic carbocycles. The van der Waals surface area contributed by atoms with Gasteiger partial charge in [-0.05, 0) is 0 Å². The van der Waals surface area contributed by atoms with Gasteiger partial charge in [-0.15, -0.1) is 0 Å². The first-order valence-corrected chi connectivity index (χ1v) is 4.30. The molecule has 2 N–H and O–H groups in total. The summed E-state index contributed by atoms with van der Waals surface area (Å²) < 4.78 is 61.2. The van der Waals surface area contributed by atoms with E-state index in [0.29, 0.717) is 0 Å². The van der Waals surface area contributed by atoms with Gasteiger partial charge in [0.2, 0.25) is 0 Å². The summed E-state index contributed by atoms with van der Waals surface area (Å²) in [6.07, 6.45) is -5.97. The molecule has 0 atom stereocenters. The number of carboxylic acid groups (broad SMARTS) is 1. The van der Waals surface area contributed by atoms with E-state index in [1.165, 1.54) is 4.98 Å². The van der Waals surface area contributed by atoms with Crippen LogP contribution in [0.15, 0.2) is 4.79 Å². The number of H-pyrrole nitrogens is 1. The fraction of sp³-hybridized carbons (Fsp3) is 0.333. The summed E-state index contributed by atoms with van der Waals surface area (Å²) in [6, 6.07) is 0. The van der Waals surface area contributed by atoms with Crippen LogP contribution in [0.3, 0.4) is 0 Å². The molecule has 1 rings (SSSR count). The van der Waals surface area contributed by atoms with Crippen LogP contribution in [0.2, 0.25) is 0 Å². The van der Waals surface area contributed by atoms with E-state index in [1.807, 2.05) is 0 Å². The van der Waals surface area contributed by atoms with Crippen LogP contribution in [0.4, 0.5) is 22.0 Å². The highest BCUT2D eigenvalue weighted by Gasteiger charge is 2.61. The van der Waals surface area contributed by atoms with Gasteiger partial charge in [-0.2, -0.15) is 22.0 Å². The summed E-state index contributed by atoms with van der Waals surface area (Å²) in [5.41, 5.74) is -1.94. The van der Waals surface area contributed by atoms with Crippen molar-refractivity contribution in [1.82, 2.24) is 4.98 Å². The van der Waals surface area contributed by atoms with Gasteiger partial charge in [0, 0.05) is 0 Å². The van der Waals surface area contributed by atoms with Crippen LogP contribution in [0, 0.1) is 0 Å². The molecule has 1 aromatic rings. The number of halogens is 5. The first kappa shape index (κ1) is 12.6. The zero-order valence-corrected chi connectivity index (χ0v) is 7.88. The first-order chi connectivity index (χ1) is 7.07. The largest absolute Gasteiger partial charge is 0.477 e. The van der Waals surface area contributed by atoms with E-state index in [2.05, 4.69) is 0 Å². The Bertz CT molecular complexity index is 473. The summed E-state index contributed by atoms with van der Waals surface area (Å²) in [6.45, 7) is 0. The number of hydrogen-bond acceptors (Lipinski definition) is 3. The fourth-order valence-corrected chi connectivity index (χ4v) is 1.55. The summed E-state index contributed by atoms with van der Waals surface area (Å²) >= 11 is -0.225. The lowest BCUT2D eigenvalue weighted by molar-refractivity contribution is -0.290. The number of aromatic nitrogens is 1. The first-order valence-electron chi connectivity index (χ1n) is 3.49. The van der Waals surface area contributed by atoms with Gasteiger partial charge in [0.15, 0.2) is 0 Å². The number of thiazole rings is 1. The van der Waals surface area contributed by atoms with Crippen molar-refractivity contribution in [3.63, 3.8) is 0 Å². The molecular weight excluding hydrogens is 261 g/mol. The van der Waals surface area contributed by atoms with E-state index in [0.717, 1.165) is 0 Å². The van der Waals surface area contributed by atoms with Gasteiger partial charge >= 0.3 is 22.9 Å². The predicted molar refractivity (Wildman–Crippen MR) is 41.8 cm³/mol. The second-order valence-corrected chi connectivity index (χ2v) is 3.58. The Kier molecular flexibility index (Phi) is 2.79. The molecule has 0 saturated carbocycles. The lowest BCUT2D eigenvalue weighted by Crippen LogP contribution is -2.35. The lowest BCUT2D eigenvalue weighted by atomic mass is 10.2. The van der Waals surface area contributed by atoms with Crippen molar-refractivity contribution in [3.05, 3.63) is 20.2 Å². The molecule has 0 aliphatic rings. The maximum absolute atomic E-state index is 12.7. The van der Waals surface area contributed by atoms with Crippen LogP contribution in [-0.4, -0.2) is 22.2 Å². The number of carbonyl (C=O) groups is 1. The number of hydrogen-bond donors (Lipinski definition) is 2. The molecule has 1 heterocycles. The molecule has 10 heteroatoms. The average Bonchev–Trinajstić information content (AvgIpc) is 2.45. The van der Waals surface area contributed by atoms with Gasteiger partial charge in [-0.3, -0.25) is 4.79 Å². The average molecular weight is 263 g/mol. The third-order valence-corrected chi connectivity index (χ3v) is 2.38. The van der Waals surface area contributed by atoms with Gasteiger partial charge < -0.3 is 10.1 Å². The quantitative estimate of drug-likeness (QED) is 0.799. The maximum Gasteiger partial charge on any atom is 0.459 e.